The molecule has 0 saturated carbocycles. The van der Waals surface area contributed by atoms with Gasteiger partial charge in [0.15, 0.2) is 24.1 Å². The predicted octanol–water partition coefficient (Wildman–Crippen LogP) is 1.88. The Kier molecular flexibility index (Phi) is 5.11. The Labute approximate surface area is 149 Å². The zero-order chi connectivity index (χ0) is 19.4. The minimum Gasteiger partial charge on any atom is -0.452 e. The van der Waals surface area contributed by atoms with Crippen molar-refractivity contribution in [3.05, 3.63) is 65.7 Å². The number of benzene rings is 2. The molecule has 8 nitrogen and oxygen atoms in total. The van der Waals surface area contributed by atoms with E-state index in [0.717, 1.165) is 6.07 Å². The summed E-state index contributed by atoms with van der Waals surface area (Å²) >= 11 is 0. The van der Waals surface area contributed by atoms with Crippen LogP contribution in [0.15, 0.2) is 42.7 Å². The van der Waals surface area contributed by atoms with Gasteiger partial charge in [0.25, 0.3) is 5.91 Å². The van der Waals surface area contributed by atoms with Crippen LogP contribution in [0.25, 0.3) is 5.69 Å². The molecule has 1 amide bonds. The van der Waals surface area contributed by atoms with E-state index in [9.17, 15) is 22.8 Å². The zero-order valence-electron chi connectivity index (χ0n) is 13.4. The predicted molar refractivity (Wildman–Crippen MR) is 84.4 cm³/mol. The number of carbonyl (C=O) groups excluding carboxylic acids is 2. The number of aromatic nitrogens is 4. The first-order valence-electron chi connectivity index (χ1n) is 7.39. The van der Waals surface area contributed by atoms with Gasteiger partial charge in [-0.05, 0) is 46.8 Å². The molecule has 0 spiro atoms. The smallest absolute Gasteiger partial charge is 0.338 e. The molecule has 11 heteroatoms. The molecule has 0 saturated heterocycles. The van der Waals surface area contributed by atoms with Crippen molar-refractivity contribution in [2.45, 2.75) is 0 Å². The number of hydrogen-bond donors (Lipinski definition) is 1. The van der Waals surface area contributed by atoms with Crippen molar-refractivity contribution in [2.24, 2.45) is 0 Å². The van der Waals surface area contributed by atoms with E-state index in [4.69, 9.17) is 4.74 Å². The number of carbonyl (C=O) groups is 2. The van der Waals surface area contributed by atoms with Crippen LogP contribution in [-0.2, 0) is 9.53 Å². The number of halogens is 3. The number of esters is 1. The van der Waals surface area contributed by atoms with Gasteiger partial charge >= 0.3 is 5.97 Å². The number of nitrogens with zero attached hydrogens (tertiary/aromatic N) is 4. The first-order valence-corrected chi connectivity index (χ1v) is 7.39. The first kappa shape index (κ1) is 18.0. The summed E-state index contributed by atoms with van der Waals surface area (Å²) in [5.41, 5.74) is 0.183. The Morgan fingerprint density at radius 1 is 1.04 bits per heavy atom. The van der Waals surface area contributed by atoms with Crippen LogP contribution in [-0.4, -0.2) is 38.7 Å². The molecule has 3 rings (SSSR count). The van der Waals surface area contributed by atoms with Gasteiger partial charge < -0.3 is 10.1 Å². The second-order valence-corrected chi connectivity index (χ2v) is 5.15. The summed E-state index contributed by atoms with van der Waals surface area (Å²) in [7, 11) is 0. The second-order valence-electron chi connectivity index (χ2n) is 5.15. The fourth-order valence-electron chi connectivity index (χ4n) is 2.05. The molecule has 0 bridgehead atoms. The lowest BCUT2D eigenvalue weighted by Crippen LogP contribution is -2.21. The lowest BCUT2D eigenvalue weighted by molar-refractivity contribution is -0.119. The van der Waals surface area contributed by atoms with Gasteiger partial charge in [0, 0.05) is 0 Å². The monoisotopic (exact) mass is 377 g/mol. The summed E-state index contributed by atoms with van der Waals surface area (Å²) in [4.78, 5) is 23.6. The molecular formula is C16H10F3N5O3. The Balaban J connectivity index is 1.57. The van der Waals surface area contributed by atoms with Crippen molar-refractivity contribution in [2.75, 3.05) is 11.9 Å². The molecule has 2 aromatic carbocycles. The summed E-state index contributed by atoms with van der Waals surface area (Å²) in [6, 6.07) is 7.50. The Morgan fingerprint density at radius 2 is 1.78 bits per heavy atom. The number of ether oxygens (including phenoxy) is 1. The van der Waals surface area contributed by atoms with Gasteiger partial charge in [-0.3, -0.25) is 4.79 Å². The molecule has 0 aliphatic carbocycles. The van der Waals surface area contributed by atoms with Crippen molar-refractivity contribution in [1.29, 1.82) is 0 Å². The molecule has 0 atom stereocenters. The van der Waals surface area contributed by atoms with Gasteiger partial charge in [0.2, 0.25) is 0 Å². The second kappa shape index (κ2) is 7.64. The van der Waals surface area contributed by atoms with E-state index in [1.807, 2.05) is 5.32 Å². The Bertz CT molecular complexity index is 978. The van der Waals surface area contributed by atoms with Gasteiger partial charge in [-0.25, -0.2) is 22.6 Å². The number of anilines is 1. The molecule has 1 heterocycles. The quantitative estimate of drug-likeness (QED) is 0.538. The maximum absolute atomic E-state index is 13.5. The molecule has 0 radical (unpaired) electrons. The van der Waals surface area contributed by atoms with E-state index in [-0.39, 0.29) is 5.56 Å². The van der Waals surface area contributed by atoms with Gasteiger partial charge in [0.05, 0.1) is 16.9 Å². The number of rotatable bonds is 5. The van der Waals surface area contributed by atoms with Crippen LogP contribution >= 0.6 is 0 Å². The van der Waals surface area contributed by atoms with E-state index in [0.29, 0.717) is 11.8 Å². The molecule has 0 unspecified atom stereocenters. The molecule has 0 fully saturated rings. The van der Waals surface area contributed by atoms with Crippen molar-refractivity contribution in [1.82, 2.24) is 20.2 Å². The fraction of sp³-hybridized carbons (Fsp3) is 0.0625. The number of hydrogen-bond acceptors (Lipinski definition) is 6. The van der Waals surface area contributed by atoms with E-state index in [1.54, 1.807) is 12.1 Å². The third kappa shape index (κ3) is 4.08. The van der Waals surface area contributed by atoms with Crippen molar-refractivity contribution < 1.29 is 27.5 Å². The largest absolute Gasteiger partial charge is 0.452 e. The van der Waals surface area contributed by atoms with Gasteiger partial charge in [0.1, 0.15) is 6.33 Å². The topological polar surface area (TPSA) is 99.0 Å². The Hall–Kier alpha value is -3.76. The van der Waals surface area contributed by atoms with E-state index in [2.05, 4.69) is 15.5 Å². The maximum atomic E-state index is 13.5. The molecule has 27 heavy (non-hydrogen) atoms. The van der Waals surface area contributed by atoms with Crippen molar-refractivity contribution >= 4 is 17.6 Å². The van der Waals surface area contributed by atoms with Crippen LogP contribution in [0.1, 0.15) is 10.4 Å². The van der Waals surface area contributed by atoms with Crippen LogP contribution in [0.3, 0.4) is 0 Å². The average Bonchev–Trinajstić information content (AvgIpc) is 3.21. The van der Waals surface area contributed by atoms with Gasteiger partial charge in [-0.1, -0.05) is 0 Å². The fourth-order valence-corrected chi connectivity index (χ4v) is 2.05. The molecule has 3 aromatic rings. The standard InChI is InChI=1S/C16H10F3N5O3/c17-11-5-6-12(15(19)14(11)18)21-13(25)7-27-16(26)9-1-3-10(4-2-9)24-8-20-22-23-24/h1-6,8H,7H2,(H,21,25). The summed E-state index contributed by atoms with van der Waals surface area (Å²) < 4.78 is 45.6. The third-order valence-electron chi connectivity index (χ3n) is 3.36. The third-order valence-corrected chi connectivity index (χ3v) is 3.36. The highest BCUT2D eigenvalue weighted by Gasteiger charge is 2.16. The van der Waals surface area contributed by atoms with E-state index < -0.39 is 41.6 Å². The minimum absolute atomic E-state index is 0.152. The summed E-state index contributed by atoms with van der Waals surface area (Å²) in [6.07, 6.45) is 1.37. The molecule has 1 N–H and O–H groups in total. The molecular weight excluding hydrogens is 367 g/mol. The van der Waals surface area contributed by atoms with Crippen LogP contribution in [0.2, 0.25) is 0 Å². The average molecular weight is 377 g/mol. The van der Waals surface area contributed by atoms with Crippen molar-refractivity contribution in [3.63, 3.8) is 0 Å². The van der Waals surface area contributed by atoms with Crippen LogP contribution < -0.4 is 5.32 Å². The van der Waals surface area contributed by atoms with Gasteiger partial charge in [-0.15, -0.1) is 5.10 Å². The lowest BCUT2D eigenvalue weighted by atomic mass is 10.2. The van der Waals surface area contributed by atoms with Crippen LogP contribution in [0, 0.1) is 17.5 Å². The zero-order valence-corrected chi connectivity index (χ0v) is 13.4. The van der Waals surface area contributed by atoms with Crippen LogP contribution in [0.5, 0.6) is 0 Å². The summed E-state index contributed by atoms with van der Waals surface area (Å²) in [6.45, 7) is -0.744. The molecule has 138 valence electrons. The molecule has 0 aliphatic heterocycles. The van der Waals surface area contributed by atoms with Crippen LogP contribution in [0.4, 0.5) is 18.9 Å². The van der Waals surface area contributed by atoms with E-state index >= 15 is 0 Å². The minimum atomic E-state index is -1.72. The summed E-state index contributed by atoms with van der Waals surface area (Å²) in [5, 5.41) is 12.6. The lowest BCUT2D eigenvalue weighted by Gasteiger charge is -2.08. The maximum Gasteiger partial charge on any atom is 0.338 e. The number of amides is 1. The Morgan fingerprint density at radius 3 is 2.44 bits per heavy atom. The van der Waals surface area contributed by atoms with Gasteiger partial charge in [-0.2, -0.15) is 0 Å². The molecule has 0 aliphatic rings. The SMILES string of the molecule is O=C(COC(=O)c1ccc(-n2cnnn2)cc1)Nc1ccc(F)c(F)c1F. The highest BCUT2D eigenvalue weighted by atomic mass is 19.2. The highest BCUT2D eigenvalue weighted by molar-refractivity contribution is 5.95. The highest BCUT2D eigenvalue weighted by Crippen LogP contribution is 2.19. The number of tetrazole rings is 1. The first-order chi connectivity index (χ1) is 13.0. The number of nitrogens with one attached hydrogen (secondary N) is 1. The van der Waals surface area contributed by atoms with E-state index in [1.165, 1.54) is 23.1 Å². The van der Waals surface area contributed by atoms with Crippen molar-refractivity contribution in [3.8, 4) is 5.69 Å². The molecule has 1 aromatic heterocycles. The summed E-state index contributed by atoms with van der Waals surface area (Å²) in [5.74, 6) is -6.37. The normalized spacial score (nSPS) is 10.5.